The summed E-state index contributed by atoms with van der Waals surface area (Å²) in [4.78, 5) is 12.7. The normalized spacial score (nSPS) is 10.6. The highest BCUT2D eigenvalue weighted by atomic mass is 14.9. The highest BCUT2D eigenvalue weighted by Crippen LogP contribution is 2.23. The lowest BCUT2D eigenvalue weighted by atomic mass is 10.1. The van der Waals surface area contributed by atoms with Crippen molar-refractivity contribution in [3.8, 4) is 11.5 Å². The van der Waals surface area contributed by atoms with Gasteiger partial charge >= 0.3 is 0 Å². The molecule has 0 saturated carbocycles. The Bertz CT molecular complexity index is 656. The molecule has 0 unspecified atom stereocenters. The van der Waals surface area contributed by atoms with Crippen molar-refractivity contribution in [1.82, 2.24) is 15.0 Å². The van der Waals surface area contributed by atoms with Crippen LogP contribution in [0.4, 0.5) is 5.69 Å². The fourth-order valence-electron chi connectivity index (χ4n) is 1.76. The standard InChI is InChI=1S/C13H10N4/c14-10-7-16-13(17-8-10)12-11-4-2-1-3-9(11)5-6-15-12/h1-8H,14H2. The number of benzene rings is 1. The van der Waals surface area contributed by atoms with E-state index in [0.717, 1.165) is 16.5 Å². The number of nitrogen functional groups attached to an aromatic ring is 1. The number of anilines is 1. The first-order chi connectivity index (χ1) is 8.34. The zero-order chi connectivity index (χ0) is 11.7. The maximum Gasteiger partial charge on any atom is 0.178 e. The fourth-order valence-corrected chi connectivity index (χ4v) is 1.76. The number of nitrogens with two attached hydrogens (primary N) is 1. The van der Waals surface area contributed by atoms with Gasteiger partial charge in [0.05, 0.1) is 18.1 Å². The number of hydrogen-bond acceptors (Lipinski definition) is 4. The molecule has 0 aliphatic rings. The van der Waals surface area contributed by atoms with Gasteiger partial charge in [-0.15, -0.1) is 0 Å². The van der Waals surface area contributed by atoms with Gasteiger partial charge in [0.15, 0.2) is 5.82 Å². The fraction of sp³-hybridized carbons (Fsp3) is 0. The molecule has 0 atom stereocenters. The van der Waals surface area contributed by atoms with E-state index in [1.807, 2.05) is 30.3 Å². The lowest BCUT2D eigenvalue weighted by Gasteiger charge is -2.03. The highest BCUT2D eigenvalue weighted by Gasteiger charge is 2.06. The Labute approximate surface area is 98.2 Å². The molecule has 0 aliphatic carbocycles. The molecular weight excluding hydrogens is 212 g/mol. The van der Waals surface area contributed by atoms with Gasteiger partial charge in [-0.25, -0.2) is 9.97 Å². The minimum absolute atomic E-state index is 0.550. The molecule has 0 bridgehead atoms. The van der Waals surface area contributed by atoms with Gasteiger partial charge in [0.2, 0.25) is 0 Å². The lowest BCUT2D eigenvalue weighted by Crippen LogP contribution is -1.94. The van der Waals surface area contributed by atoms with E-state index >= 15 is 0 Å². The van der Waals surface area contributed by atoms with Crippen LogP contribution in [0.25, 0.3) is 22.3 Å². The molecular formula is C13H10N4. The third kappa shape index (κ3) is 1.69. The van der Waals surface area contributed by atoms with E-state index in [1.165, 1.54) is 0 Å². The topological polar surface area (TPSA) is 64.7 Å². The minimum atomic E-state index is 0.550. The second kappa shape index (κ2) is 3.83. The molecule has 1 aromatic carbocycles. The van der Waals surface area contributed by atoms with Gasteiger partial charge in [-0.2, -0.15) is 0 Å². The van der Waals surface area contributed by atoms with E-state index in [-0.39, 0.29) is 0 Å². The van der Waals surface area contributed by atoms with Gasteiger partial charge in [0.1, 0.15) is 5.69 Å². The number of aromatic nitrogens is 3. The summed E-state index contributed by atoms with van der Waals surface area (Å²) < 4.78 is 0. The summed E-state index contributed by atoms with van der Waals surface area (Å²) in [5, 5.41) is 2.16. The molecule has 3 aromatic rings. The zero-order valence-corrected chi connectivity index (χ0v) is 9.04. The molecule has 2 N–H and O–H groups in total. The van der Waals surface area contributed by atoms with Crippen molar-refractivity contribution in [1.29, 1.82) is 0 Å². The summed E-state index contributed by atoms with van der Waals surface area (Å²) in [5.41, 5.74) is 6.90. The largest absolute Gasteiger partial charge is 0.396 e. The molecule has 0 radical (unpaired) electrons. The van der Waals surface area contributed by atoms with Crippen molar-refractivity contribution in [3.63, 3.8) is 0 Å². The van der Waals surface area contributed by atoms with Crippen molar-refractivity contribution < 1.29 is 0 Å². The number of rotatable bonds is 1. The summed E-state index contributed by atoms with van der Waals surface area (Å²) in [6.45, 7) is 0. The Hall–Kier alpha value is -2.49. The van der Waals surface area contributed by atoms with Gasteiger partial charge in [-0.1, -0.05) is 24.3 Å². The van der Waals surface area contributed by atoms with Crippen LogP contribution in [-0.4, -0.2) is 15.0 Å². The van der Waals surface area contributed by atoms with Crippen LogP contribution in [0.3, 0.4) is 0 Å². The van der Waals surface area contributed by atoms with E-state index in [0.29, 0.717) is 11.5 Å². The summed E-state index contributed by atoms with van der Waals surface area (Å²) in [6.07, 6.45) is 4.94. The average Bonchev–Trinajstić information content (AvgIpc) is 2.39. The van der Waals surface area contributed by atoms with Crippen LogP contribution < -0.4 is 5.73 Å². The van der Waals surface area contributed by atoms with Gasteiger partial charge in [0.25, 0.3) is 0 Å². The summed E-state index contributed by atoms with van der Waals surface area (Å²) >= 11 is 0. The summed E-state index contributed by atoms with van der Waals surface area (Å²) in [6, 6.07) is 9.99. The van der Waals surface area contributed by atoms with Crippen LogP contribution in [0.5, 0.6) is 0 Å². The first-order valence-electron chi connectivity index (χ1n) is 5.26. The van der Waals surface area contributed by atoms with E-state index < -0.39 is 0 Å². The second-order valence-corrected chi connectivity index (χ2v) is 3.72. The van der Waals surface area contributed by atoms with E-state index in [2.05, 4.69) is 15.0 Å². The van der Waals surface area contributed by atoms with Crippen LogP contribution in [-0.2, 0) is 0 Å². The third-order valence-corrected chi connectivity index (χ3v) is 2.56. The van der Waals surface area contributed by atoms with Crippen LogP contribution in [0.2, 0.25) is 0 Å². The average molecular weight is 222 g/mol. The highest BCUT2D eigenvalue weighted by molar-refractivity contribution is 5.92. The molecule has 0 aliphatic heterocycles. The molecule has 4 nitrogen and oxygen atoms in total. The van der Waals surface area contributed by atoms with Crippen LogP contribution in [0, 0.1) is 0 Å². The third-order valence-electron chi connectivity index (χ3n) is 2.56. The Morgan fingerprint density at radius 3 is 2.47 bits per heavy atom. The molecule has 0 saturated heterocycles. The van der Waals surface area contributed by atoms with Gasteiger partial charge in [-0.3, -0.25) is 4.98 Å². The van der Waals surface area contributed by atoms with Crippen molar-refractivity contribution in [2.45, 2.75) is 0 Å². The van der Waals surface area contributed by atoms with Crippen molar-refractivity contribution in [2.24, 2.45) is 0 Å². The molecule has 2 aromatic heterocycles. The molecule has 17 heavy (non-hydrogen) atoms. The molecule has 0 spiro atoms. The van der Waals surface area contributed by atoms with Crippen LogP contribution >= 0.6 is 0 Å². The predicted molar refractivity (Wildman–Crippen MR) is 67.2 cm³/mol. The van der Waals surface area contributed by atoms with Gasteiger partial charge in [-0.05, 0) is 11.5 Å². The van der Waals surface area contributed by atoms with E-state index in [9.17, 15) is 0 Å². The number of pyridine rings is 1. The molecule has 4 heteroatoms. The zero-order valence-electron chi connectivity index (χ0n) is 9.04. The lowest BCUT2D eigenvalue weighted by molar-refractivity contribution is 1.15. The van der Waals surface area contributed by atoms with Crippen molar-refractivity contribution in [2.75, 3.05) is 5.73 Å². The Balaban J connectivity index is 2.27. The first kappa shape index (κ1) is 9.72. The second-order valence-electron chi connectivity index (χ2n) is 3.72. The minimum Gasteiger partial charge on any atom is -0.396 e. The van der Waals surface area contributed by atoms with Gasteiger partial charge < -0.3 is 5.73 Å². The molecule has 82 valence electrons. The maximum atomic E-state index is 5.57. The Morgan fingerprint density at radius 2 is 1.65 bits per heavy atom. The van der Waals surface area contributed by atoms with Crippen molar-refractivity contribution in [3.05, 3.63) is 48.9 Å². The quantitative estimate of drug-likeness (QED) is 0.686. The number of hydrogen-bond donors (Lipinski definition) is 1. The van der Waals surface area contributed by atoms with Crippen molar-refractivity contribution >= 4 is 16.5 Å². The number of nitrogens with zero attached hydrogens (tertiary/aromatic N) is 3. The van der Waals surface area contributed by atoms with Gasteiger partial charge in [0, 0.05) is 11.6 Å². The molecule has 0 fully saturated rings. The monoisotopic (exact) mass is 222 g/mol. The molecule has 2 heterocycles. The summed E-state index contributed by atoms with van der Waals surface area (Å²) in [7, 11) is 0. The molecule has 3 rings (SSSR count). The SMILES string of the molecule is Nc1cnc(-c2nccc3ccccc23)nc1. The van der Waals surface area contributed by atoms with E-state index in [4.69, 9.17) is 5.73 Å². The van der Waals surface area contributed by atoms with Crippen LogP contribution in [0.1, 0.15) is 0 Å². The summed E-state index contributed by atoms with van der Waals surface area (Å²) in [5.74, 6) is 0.594. The maximum absolute atomic E-state index is 5.57. The Kier molecular flexibility index (Phi) is 2.19. The van der Waals surface area contributed by atoms with Crippen LogP contribution in [0.15, 0.2) is 48.9 Å². The van der Waals surface area contributed by atoms with E-state index in [1.54, 1.807) is 18.6 Å². The number of fused-ring (bicyclic) bond motifs is 1. The molecule has 0 amide bonds. The Morgan fingerprint density at radius 1 is 0.882 bits per heavy atom. The predicted octanol–water partition coefficient (Wildman–Crippen LogP) is 2.27. The smallest absolute Gasteiger partial charge is 0.178 e. The first-order valence-corrected chi connectivity index (χ1v) is 5.26.